The summed E-state index contributed by atoms with van der Waals surface area (Å²) in [5, 5.41) is 8.71. The molecule has 0 aliphatic carbocycles. The van der Waals surface area contributed by atoms with Gasteiger partial charge in [-0.1, -0.05) is 0 Å². The monoisotopic (exact) mass is 255 g/mol. The maximum absolute atomic E-state index is 13.8. The van der Waals surface area contributed by atoms with E-state index in [0.29, 0.717) is 17.8 Å². The third kappa shape index (κ3) is 3.29. The van der Waals surface area contributed by atoms with Gasteiger partial charge in [0.15, 0.2) is 0 Å². The van der Waals surface area contributed by atoms with Crippen LogP contribution in [-0.4, -0.2) is 18.6 Å². The van der Waals surface area contributed by atoms with Gasteiger partial charge in [0.05, 0.1) is 17.3 Å². The summed E-state index contributed by atoms with van der Waals surface area (Å²) in [6.07, 6.45) is 4.31. The van der Waals surface area contributed by atoms with E-state index in [-0.39, 0.29) is 5.82 Å². The number of likely N-dealkylation sites (N-methyl/N-ethyl adjacent to an activating group) is 1. The van der Waals surface area contributed by atoms with E-state index in [1.807, 2.05) is 30.1 Å². The summed E-state index contributed by atoms with van der Waals surface area (Å²) in [7, 11) is 1.84. The minimum absolute atomic E-state index is 0.337. The predicted octanol–water partition coefficient (Wildman–Crippen LogP) is 2.77. The SMILES string of the molecule is CN(CCc1ccncc1)c1ccc(C#N)cc1F. The Kier molecular flexibility index (Phi) is 4.09. The lowest BCUT2D eigenvalue weighted by Crippen LogP contribution is -2.21. The molecule has 0 atom stereocenters. The lowest BCUT2D eigenvalue weighted by molar-refractivity contribution is 0.621. The smallest absolute Gasteiger partial charge is 0.147 e. The lowest BCUT2D eigenvalue weighted by atomic mass is 10.1. The molecule has 0 saturated carbocycles. The first-order valence-electron chi connectivity index (χ1n) is 6.00. The minimum Gasteiger partial charge on any atom is -0.372 e. The maximum atomic E-state index is 13.8. The summed E-state index contributed by atoms with van der Waals surface area (Å²) < 4.78 is 13.8. The Labute approximate surface area is 111 Å². The molecule has 19 heavy (non-hydrogen) atoms. The van der Waals surface area contributed by atoms with E-state index in [2.05, 4.69) is 4.98 Å². The number of aromatic nitrogens is 1. The molecule has 96 valence electrons. The van der Waals surface area contributed by atoms with Gasteiger partial charge in [-0.05, 0) is 42.3 Å². The molecule has 3 nitrogen and oxygen atoms in total. The van der Waals surface area contributed by atoms with Gasteiger partial charge >= 0.3 is 0 Å². The Morgan fingerprint density at radius 3 is 2.63 bits per heavy atom. The number of nitriles is 1. The fraction of sp³-hybridized carbons (Fsp3) is 0.200. The molecule has 0 aliphatic heterocycles. The molecule has 0 saturated heterocycles. The van der Waals surface area contributed by atoms with Gasteiger partial charge in [-0.25, -0.2) is 4.39 Å². The summed E-state index contributed by atoms with van der Waals surface area (Å²) >= 11 is 0. The standard InChI is InChI=1S/C15H14FN3/c1-19(9-6-12-4-7-18-8-5-12)15-3-2-13(11-17)10-14(15)16/h2-5,7-8,10H,6,9H2,1H3. The first-order valence-corrected chi connectivity index (χ1v) is 6.00. The van der Waals surface area contributed by atoms with E-state index >= 15 is 0 Å². The van der Waals surface area contributed by atoms with Crippen LogP contribution in [0.1, 0.15) is 11.1 Å². The number of pyridine rings is 1. The highest BCUT2D eigenvalue weighted by Gasteiger charge is 2.08. The Hall–Kier alpha value is -2.41. The van der Waals surface area contributed by atoms with Crippen molar-refractivity contribution in [3.63, 3.8) is 0 Å². The van der Waals surface area contributed by atoms with Crippen molar-refractivity contribution in [2.75, 3.05) is 18.5 Å². The van der Waals surface area contributed by atoms with Crippen molar-refractivity contribution in [2.24, 2.45) is 0 Å². The molecule has 2 aromatic rings. The van der Waals surface area contributed by atoms with Gasteiger partial charge in [0.2, 0.25) is 0 Å². The third-order valence-electron chi connectivity index (χ3n) is 2.97. The van der Waals surface area contributed by atoms with Crippen LogP contribution in [0.5, 0.6) is 0 Å². The van der Waals surface area contributed by atoms with E-state index in [1.165, 1.54) is 6.07 Å². The van der Waals surface area contributed by atoms with Crippen molar-refractivity contribution in [1.29, 1.82) is 5.26 Å². The molecule has 2 rings (SSSR count). The zero-order chi connectivity index (χ0) is 13.7. The van der Waals surface area contributed by atoms with Gasteiger partial charge in [0.1, 0.15) is 5.82 Å². The molecule has 0 radical (unpaired) electrons. The van der Waals surface area contributed by atoms with Crippen LogP contribution in [0.2, 0.25) is 0 Å². The molecule has 0 spiro atoms. The van der Waals surface area contributed by atoms with Crippen LogP contribution in [-0.2, 0) is 6.42 Å². The highest BCUT2D eigenvalue weighted by atomic mass is 19.1. The molecule has 0 fully saturated rings. The fourth-order valence-electron chi connectivity index (χ4n) is 1.85. The zero-order valence-electron chi connectivity index (χ0n) is 10.7. The lowest BCUT2D eigenvalue weighted by Gasteiger charge is -2.20. The molecule has 0 bridgehead atoms. The number of rotatable bonds is 4. The quantitative estimate of drug-likeness (QED) is 0.843. The van der Waals surface area contributed by atoms with Gasteiger partial charge in [-0.3, -0.25) is 4.98 Å². The van der Waals surface area contributed by atoms with E-state index in [9.17, 15) is 4.39 Å². The molecule has 0 N–H and O–H groups in total. The minimum atomic E-state index is -0.365. The Morgan fingerprint density at radius 1 is 1.26 bits per heavy atom. The largest absolute Gasteiger partial charge is 0.372 e. The molecule has 4 heteroatoms. The summed E-state index contributed by atoms with van der Waals surface area (Å²) in [4.78, 5) is 5.80. The molecule has 0 unspecified atom stereocenters. The Bertz CT molecular complexity index is 590. The second kappa shape index (κ2) is 5.96. The molecule has 1 heterocycles. The molecule has 1 aromatic carbocycles. The molecule has 0 amide bonds. The normalized spacial score (nSPS) is 9.95. The van der Waals surface area contributed by atoms with Gasteiger partial charge in [0, 0.05) is 26.0 Å². The van der Waals surface area contributed by atoms with E-state index in [1.54, 1.807) is 24.5 Å². The predicted molar refractivity (Wildman–Crippen MR) is 72.3 cm³/mol. The zero-order valence-corrected chi connectivity index (χ0v) is 10.7. The topological polar surface area (TPSA) is 39.9 Å². The van der Waals surface area contributed by atoms with Crippen molar-refractivity contribution in [1.82, 2.24) is 4.98 Å². The number of benzene rings is 1. The van der Waals surface area contributed by atoms with Crippen LogP contribution >= 0.6 is 0 Å². The van der Waals surface area contributed by atoms with Crippen LogP contribution in [0.3, 0.4) is 0 Å². The first kappa shape index (κ1) is 13.0. The number of nitrogens with zero attached hydrogens (tertiary/aromatic N) is 3. The van der Waals surface area contributed by atoms with Crippen LogP contribution < -0.4 is 4.90 Å². The van der Waals surface area contributed by atoms with E-state index < -0.39 is 0 Å². The second-order valence-electron chi connectivity index (χ2n) is 4.31. The fourth-order valence-corrected chi connectivity index (χ4v) is 1.85. The number of halogens is 1. The maximum Gasteiger partial charge on any atom is 0.147 e. The van der Waals surface area contributed by atoms with Crippen molar-refractivity contribution in [3.8, 4) is 6.07 Å². The summed E-state index contributed by atoms with van der Waals surface area (Å²) in [6, 6.07) is 10.3. The summed E-state index contributed by atoms with van der Waals surface area (Å²) in [6.45, 7) is 0.701. The number of anilines is 1. The Balaban J connectivity index is 2.04. The molecular formula is C15H14FN3. The molecule has 0 aliphatic rings. The van der Waals surface area contributed by atoms with Gasteiger partial charge in [-0.15, -0.1) is 0 Å². The van der Waals surface area contributed by atoms with Crippen LogP contribution in [0, 0.1) is 17.1 Å². The van der Waals surface area contributed by atoms with Crippen LogP contribution in [0.25, 0.3) is 0 Å². The van der Waals surface area contributed by atoms with Gasteiger partial charge in [-0.2, -0.15) is 5.26 Å². The number of hydrogen-bond acceptors (Lipinski definition) is 3. The highest BCUT2D eigenvalue weighted by Crippen LogP contribution is 2.19. The van der Waals surface area contributed by atoms with Crippen LogP contribution in [0.4, 0.5) is 10.1 Å². The first-order chi connectivity index (χ1) is 9.20. The second-order valence-corrected chi connectivity index (χ2v) is 4.31. The molecular weight excluding hydrogens is 241 g/mol. The average molecular weight is 255 g/mol. The molecule has 1 aromatic heterocycles. The Morgan fingerprint density at radius 2 is 2.00 bits per heavy atom. The third-order valence-corrected chi connectivity index (χ3v) is 2.97. The highest BCUT2D eigenvalue weighted by molar-refractivity contribution is 5.50. The van der Waals surface area contributed by atoms with Crippen molar-refractivity contribution >= 4 is 5.69 Å². The van der Waals surface area contributed by atoms with Crippen molar-refractivity contribution in [2.45, 2.75) is 6.42 Å². The summed E-state index contributed by atoms with van der Waals surface area (Å²) in [5.41, 5.74) is 2.01. The van der Waals surface area contributed by atoms with Gasteiger partial charge < -0.3 is 4.90 Å². The van der Waals surface area contributed by atoms with Gasteiger partial charge in [0.25, 0.3) is 0 Å². The average Bonchev–Trinajstić information content (AvgIpc) is 2.45. The van der Waals surface area contributed by atoms with E-state index in [4.69, 9.17) is 5.26 Å². The van der Waals surface area contributed by atoms with Crippen LogP contribution in [0.15, 0.2) is 42.7 Å². The summed E-state index contributed by atoms with van der Waals surface area (Å²) in [5.74, 6) is -0.365. The van der Waals surface area contributed by atoms with Crippen molar-refractivity contribution < 1.29 is 4.39 Å². The van der Waals surface area contributed by atoms with E-state index in [0.717, 1.165) is 12.0 Å². The van der Waals surface area contributed by atoms with Crippen molar-refractivity contribution in [3.05, 3.63) is 59.7 Å². The number of hydrogen-bond donors (Lipinski definition) is 0.